The van der Waals surface area contributed by atoms with Crippen molar-refractivity contribution in [1.29, 1.82) is 0 Å². The number of rotatable bonds is 6. The van der Waals surface area contributed by atoms with Gasteiger partial charge in [0.2, 0.25) is 0 Å². The number of Topliss-reactive ketones (excluding diaryl/α,β-unsaturated/α-hetero) is 1. The van der Waals surface area contributed by atoms with E-state index in [9.17, 15) is 14.7 Å². The number of amides is 1. The molecule has 1 fully saturated rings. The SMILES string of the molecule is COc1cccc(C2/C(=C(/O)c3ccc(OC)cc3OC)C(=O)C(=O)N2c2ccccc2)c1. The van der Waals surface area contributed by atoms with E-state index in [-0.39, 0.29) is 16.9 Å². The van der Waals surface area contributed by atoms with E-state index in [0.29, 0.717) is 28.5 Å². The molecule has 1 amide bonds. The second-order valence-electron chi connectivity index (χ2n) is 7.35. The van der Waals surface area contributed by atoms with Gasteiger partial charge < -0.3 is 19.3 Å². The van der Waals surface area contributed by atoms with E-state index >= 15 is 0 Å². The maximum atomic E-state index is 13.3. The van der Waals surface area contributed by atoms with Crippen LogP contribution in [0.4, 0.5) is 5.69 Å². The van der Waals surface area contributed by atoms with Crippen molar-refractivity contribution in [2.75, 3.05) is 26.2 Å². The maximum absolute atomic E-state index is 13.3. The summed E-state index contributed by atoms with van der Waals surface area (Å²) in [5.41, 5.74) is 1.39. The first-order chi connectivity index (χ1) is 16.0. The van der Waals surface area contributed by atoms with Gasteiger partial charge in [-0.1, -0.05) is 30.3 Å². The van der Waals surface area contributed by atoms with Crippen LogP contribution in [0, 0.1) is 0 Å². The molecule has 1 N–H and O–H groups in total. The van der Waals surface area contributed by atoms with Crippen LogP contribution < -0.4 is 19.1 Å². The Morgan fingerprint density at radius 3 is 2.18 bits per heavy atom. The Balaban J connectivity index is 1.97. The summed E-state index contributed by atoms with van der Waals surface area (Å²) < 4.78 is 16.0. The number of aliphatic hydroxyl groups excluding tert-OH is 1. The molecule has 0 aliphatic carbocycles. The van der Waals surface area contributed by atoms with Gasteiger partial charge in [-0.15, -0.1) is 0 Å². The zero-order valence-corrected chi connectivity index (χ0v) is 18.4. The van der Waals surface area contributed by atoms with Crippen molar-refractivity contribution in [3.63, 3.8) is 0 Å². The average molecular weight is 445 g/mol. The Kier molecular flexibility index (Phi) is 6.04. The molecule has 3 aromatic rings. The van der Waals surface area contributed by atoms with E-state index in [1.54, 1.807) is 66.7 Å². The highest BCUT2D eigenvalue weighted by atomic mass is 16.5. The first-order valence-electron chi connectivity index (χ1n) is 10.2. The molecule has 0 spiro atoms. The monoisotopic (exact) mass is 445 g/mol. The molecule has 33 heavy (non-hydrogen) atoms. The summed E-state index contributed by atoms with van der Waals surface area (Å²) in [4.78, 5) is 27.8. The minimum atomic E-state index is -0.866. The molecule has 0 aromatic heterocycles. The Hall–Kier alpha value is -4.26. The van der Waals surface area contributed by atoms with Gasteiger partial charge in [-0.3, -0.25) is 14.5 Å². The minimum Gasteiger partial charge on any atom is -0.507 e. The van der Waals surface area contributed by atoms with E-state index in [1.165, 1.54) is 26.2 Å². The zero-order chi connectivity index (χ0) is 23.5. The molecule has 7 nitrogen and oxygen atoms in total. The number of carbonyl (C=O) groups is 2. The first kappa shape index (κ1) is 22.0. The summed E-state index contributed by atoms with van der Waals surface area (Å²) in [6.45, 7) is 0. The number of methoxy groups -OCH3 is 3. The van der Waals surface area contributed by atoms with Crippen molar-refractivity contribution in [2.45, 2.75) is 6.04 Å². The van der Waals surface area contributed by atoms with E-state index in [1.807, 2.05) is 6.07 Å². The molecule has 1 aliphatic heterocycles. The minimum absolute atomic E-state index is 0.0411. The average Bonchev–Trinajstić information content (AvgIpc) is 3.14. The zero-order valence-electron chi connectivity index (χ0n) is 18.4. The standard InChI is InChI=1S/C26H23NO6/c1-31-18-11-7-8-16(14-18)23-22(24(28)20-13-12-19(32-2)15-21(20)33-3)25(29)26(30)27(23)17-9-5-4-6-10-17/h4-15,23,28H,1-3H3/b24-22-. The quantitative estimate of drug-likeness (QED) is 0.345. The van der Waals surface area contributed by atoms with Gasteiger partial charge in [-0.25, -0.2) is 0 Å². The van der Waals surface area contributed by atoms with Crippen LogP contribution in [0.2, 0.25) is 0 Å². The van der Waals surface area contributed by atoms with Gasteiger partial charge in [0.1, 0.15) is 23.0 Å². The van der Waals surface area contributed by atoms with Gasteiger partial charge in [0.05, 0.1) is 38.5 Å². The fourth-order valence-electron chi connectivity index (χ4n) is 3.95. The topological polar surface area (TPSA) is 85.3 Å². The van der Waals surface area contributed by atoms with Crippen molar-refractivity contribution < 1.29 is 28.9 Å². The lowest BCUT2D eigenvalue weighted by Crippen LogP contribution is -2.29. The third-order valence-corrected chi connectivity index (χ3v) is 5.55. The predicted molar refractivity (Wildman–Crippen MR) is 124 cm³/mol. The van der Waals surface area contributed by atoms with E-state index in [4.69, 9.17) is 14.2 Å². The van der Waals surface area contributed by atoms with Crippen molar-refractivity contribution in [1.82, 2.24) is 0 Å². The lowest BCUT2D eigenvalue weighted by molar-refractivity contribution is -0.132. The van der Waals surface area contributed by atoms with Gasteiger partial charge in [0.25, 0.3) is 11.7 Å². The smallest absolute Gasteiger partial charge is 0.300 e. The lowest BCUT2D eigenvalue weighted by atomic mass is 9.94. The molecule has 1 saturated heterocycles. The number of ether oxygens (including phenoxy) is 3. The van der Waals surface area contributed by atoms with Crippen LogP contribution in [0.3, 0.4) is 0 Å². The van der Waals surface area contributed by atoms with E-state index in [2.05, 4.69) is 0 Å². The van der Waals surface area contributed by atoms with Crippen molar-refractivity contribution in [3.05, 3.63) is 89.5 Å². The number of ketones is 1. The van der Waals surface area contributed by atoms with Crippen LogP contribution in [0.25, 0.3) is 5.76 Å². The molecule has 1 aliphatic rings. The summed E-state index contributed by atoms with van der Waals surface area (Å²) in [6, 6.07) is 19.9. The van der Waals surface area contributed by atoms with Gasteiger partial charge in [0.15, 0.2) is 0 Å². The fraction of sp³-hybridized carbons (Fsp3) is 0.154. The van der Waals surface area contributed by atoms with Crippen molar-refractivity contribution in [3.8, 4) is 17.2 Å². The summed E-state index contributed by atoms with van der Waals surface area (Å²) in [7, 11) is 4.51. The van der Waals surface area contributed by atoms with Crippen LogP contribution in [-0.4, -0.2) is 38.1 Å². The highest BCUT2D eigenvalue weighted by Crippen LogP contribution is 2.44. The van der Waals surface area contributed by atoms with E-state index in [0.717, 1.165) is 0 Å². The molecule has 3 aromatic carbocycles. The number of hydrogen-bond acceptors (Lipinski definition) is 6. The van der Waals surface area contributed by atoms with Gasteiger partial charge in [-0.2, -0.15) is 0 Å². The largest absolute Gasteiger partial charge is 0.507 e. The van der Waals surface area contributed by atoms with Crippen LogP contribution in [-0.2, 0) is 9.59 Å². The second kappa shape index (κ2) is 9.08. The summed E-state index contributed by atoms with van der Waals surface area (Å²) in [5, 5.41) is 11.3. The molecule has 7 heteroatoms. The van der Waals surface area contributed by atoms with Gasteiger partial charge in [-0.05, 0) is 42.0 Å². The molecule has 4 rings (SSSR count). The number of nitrogens with zero attached hydrogens (tertiary/aromatic N) is 1. The molecule has 1 unspecified atom stereocenters. The molecule has 168 valence electrons. The van der Waals surface area contributed by atoms with Gasteiger partial charge >= 0.3 is 0 Å². The lowest BCUT2D eigenvalue weighted by Gasteiger charge is -2.25. The number of hydrogen-bond donors (Lipinski definition) is 1. The Morgan fingerprint density at radius 1 is 0.818 bits per heavy atom. The molecular formula is C26H23NO6. The highest BCUT2D eigenvalue weighted by Gasteiger charge is 2.47. The Labute approximate surface area is 191 Å². The number of carbonyl (C=O) groups excluding carboxylic acids is 2. The third kappa shape index (κ3) is 3.89. The third-order valence-electron chi connectivity index (χ3n) is 5.55. The normalized spacial score (nSPS) is 17.2. The molecule has 0 radical (unpaired) electrons. The van der Waals surface area contributed by atoms with Crippen LogP contribution >= 0.6 is 0 Å². The highest BCUT2D eigenvalue weighted by molar-refractivity contribution is 6.51. The summed E-state index contributed by atoms with van der Waals surface area (Å²) >= 11 is 0. The summed E-state index contributed by atoms with van der Waals surface area (Å²) in [5.74, 6) is -0.461. The molecule has 1 heterocycles. The number of para-hydroxylation sites is 1. The molecular weight excluding hydrogens is 422 g/mol. The molecule has 1 atom stereocenters. The second-order valence-corrected chi connectivity index (χ2v) is 7.35. The Bertz CT molecular complexity index is 1230. The first-order valence-corrected chi connectivity index (χ1v) is 10.2. The van der Waals surface area contributed by atoms with Crippen LogP contribution in [0.5, 0.6) is 17.2 Å². The van der Waals surface area contributed by atoms with Gasteiger partial charge in [0, 0.05) is 11.8 Å². The molecule has 0 saturated carbocycles. The Morgan fingerprint density at radius 2 is 1.52 bits per heavy atom. The fourth-order valence-corrected chi connectivity index (χ4v) is 3.95. The molecule has 0 bridgehead atoms. The maximum Gasteiger partial charge on any atom is 0.300 e. The summed E-state index contributed by atoms with van der Waals surface area (Å²) in [6.07, 6.45) is 0. The van der Waals surface area contributed by atoms with Crippen molar-refractivity contribution >= 4 is 23.1 Å². The number of aliphatic hydroxyl groups is 1. The van der Waals surface area contributed by atoms with Crippen LogP contribution in [0.1, 0.15) is 17.2 Å². The number of benzene rings is 3. The van der Waals surface area contributed by atoms with E-state index < -0.39 is 17.7 Å². The van der Waals surface area contributed by atoms with Crippen molar-refractivity contribution in [2.24, 2.45) is 0 Å². The van der Waals surface area contributed by atoms with Crippen LogP contribution in [0.15, 0.2) is 78.4 Å². The predicted octanol–water partition coefficient (Wildman–Crippen LogP) is 4.34. The number of anilines is 1.